The number of hydrogen-bond acceptors (Lipinski definition) is 4. The van der Waals surface area contributed by atoms with Crippen molar-refractivity contribution in [1.82, 2.24) is 4.90 Å². The lowest BCUT2D eigenvalue weighted by molar-refractivity contribution is -0.136. The molecule has 0 aromatic heterocycles. The van der Waals surface area contributed by atoms with Gasteiger partial charge in [-0.15, -0.1) is 0 Å². The van der Waals surface area contributed by atoms with Gasteiger partial charge in [0.05, 0.1) is 12.6 Å². The Balaban J connectivity index is 1.76. The van der Waals surface area contributed by atoms with Crippen LogP contribution in [0.4, 0.5) is 0 Å². The lowest BCUT2D eigenvalue weighted by Gasteiger charge is -2.32. The van der Waals surface area contributed by atoms with E-state index >= 15 is 0 Å². The largest absolute Gasteiger partial charge is 0.492 e. The van der Waals surface area contributed by atoms with E-state index in [4.69, 9.17) is 10.5 Å². The van der Waals surface area contributed by atoms with Gasteiger partial charge in [-0.25, -0.2) is 0 Å². The Hall–Kier alpha value is -1.59. The van der Waals surface area contributed by atoms with Crippen molar-refractivity contribution in [3.63, 3.8) is 0 Å². The third kappa shape index (κ3) is 4.95. The summed E-state index contributed by atoms with van der Waals surface area (Å²) in [6.45, 7) is 5.32. The number of carbonyl (C=O) groups is 1. The van der Waals surface area contributed by atoms with E-state index in [0.717, 1.165) is 5.75 Å². The van der Waals surface area contributed by atoms with E-state index in [1.165, 1.54) is 5.56 Å². The van der Waals surface area contributed by atoms with E-state index in [-0.39, 0.29) is 17.9 Å². The van der Waals surface area contributed by atoms with E-state index < -0.39 is 6.10 Å². The van der Waals surface area contributed by atoms with Crippen LogP contribution in [0.1, 0.15) is 44.6 Å². The summed E-state index contributed by atoms with van der Waals surface area (Å²) >= 11 is 0. The molecular weight excluding hydrogens is 304 g/mol. The number of rotatable bonds is 6. The summed E-state index contributed by atoms with van der Waals surface area (Å²) in [5.41, 5.74) is 7.15. The van der Waals surface area contributed by atoms with Gasteiger partial charge >= 0.3 is 0 Å². The van der Waals surface area contributed by atoms with Crippen LogP contribution in [0.15, 0.2) is 24.3 Å². The maximum absolute atomic E-state index is 12.4. The normalized spacial score (nSPS) is 24.0. The average Bonchev–Trinajstić information content (AvgIpc) is 2.57. The van der Waals surface area contributed by atoms with Gasteiger partial charge in [0.1, 0.15) is 12.4 Å². The summed E-state index contributed by atoms with van der Waals surface area (Å²) in [6.07, 6.45) is 1.39. The lowest BCUT2D eigenvalue weighted by Crippen LogP contribution is -2.45. The molecule has 3 N–H and O–H groups in total. The number of aliphatic hydroxyl groups is 1. The molecule has 1 aliphatic rings. The summed E-state index contributed by atoms with van der Waals surface area (Å²) in [6, 6.07) is 7.79. The van der Waals surface area contributed by atoms with Crippen molar-refractivity contribution in [1.29, 1.82) is 0 Å². The van der Waals surface area contributed by atoms with Crippen LogP contribution in [0, 0.1) is 5.92 Å². The Bertz CT molecular complexity index is 530. The molecule has 0 radical (unpaired) electrons. The van der Waals surface area contributed by atoms with E-state index in [2.05, 4.69) is 26.0 Å². The molecule has 1 amide bonds. The van der Waals surface area contributed by atoms with Crippen LogP contribution < -0.4 is 10.5 Å². The SMILES string of the molecule is CC(C)c1ccc(OCCN(C)C(=O)[C@H]2CC[C@@H](O)[C@H](N)C2)cc1. The van der Waals surface area contributed by atoms with E-state index in [1.807, 2.05) is 12.1 Å². The molecule has 134 valence electrons. The number of carbonyl (C=O) groups excluding carboxylic acids is 1. The molecule has 3 atom stereocenters. The molecule has 24 heavy (non-hydrogen) atoms. The van der Waals surface area contributed by atoms with Gasteiger partial charge in [0.25, 0.3) is 0 Å². The number of ether oxygens (including phenoxy) is 1. The Kier molecular flexibility index (Phi) is 6.63. The molecule has 0 saturated heterocycles. The van der Waals surface area contributed by atoms with Gasteiger partial charge in [-0.2, -0.15) is 0 Å². The average molecular weight is 334 g/mol. The first kappa shape index (κ1) is 18.7. The molecule has 1 fully saturated rings. The zero-order valence-electron chi connectivity index (χ0n) is 14.9. The van der Waals surface area contributed by atoms with Crippen molar-refractivity contribution in [2.45, 2.75) is 51.2 Å². The third-order valence-electron chi connectivity index (χ3n) is 4.83. The van der Waals surface area contributed by atoms with Crippen LogP contribution in [-0.2, 0) is 4.79 Å². The first-order chi connectivity index (χ1) is 11.4. The van der Waals surface area contributed by atoms with E-state index in [1.54, 1.807) is 11.9 Å². The second kappa shape index (κ2) is 8.49. The predicted octanol–water partition coefficient (Wildman–Crippen LogP) is 2.14. The van der Waals surface area contributed by atoms with Crippen molar-refractivity contribution >= 4 is 5.91 Å². The maximum Gasteiger partial charge on any atom is 0.225 e. The minimum atomic E-state index is -0.475. The van der Waals surface area contributed by atoms with Crippen LogP contribution >= 0.6 is 0 Å². The topological polar surface area (TPSA) is 75.8 Å². The highest BCUT2D eigenvalue weighted by atomic mass is 16.5. The maximum atomic E-state index is 12.4. The molecule has 1 saturated carbocycles. The lowest BCUT2D eigenvalue weighted by atomic mass is 9.83. The minimum Gasteiger partial charge on any atom is -0.492 e. The molecule has 0 heterocycles. The van der Waals surface area contributed by atoms with Gasteiger partial charge in [0, 0.05) is 19.0 Å². The van der Waals surface area contributed by atoms with Crippen molar-refractivity contribution in [2.75, 3.05) is 20.2 Å². The molecular formula is C19H30N2O3. The second-order valence-electron chi connectivity index (χ2n) is 7.07. The highest BCUT2D eigenvalue weighted by molar-refractivity contribution is 5.78. The number of nitrogens with two attached hydrogens (primary N) is 1. The van der Waals surface area contributed by atoms with Crippen LogP contribution in [0.3, 0.4) is 0 Å². The van der Waals surface area contributed by atoms with Crippen molar-refractivity contribution in [3.05, 3.63) is 29.8 Å². The fourth-order valence-electron chi connectivity index (χ4n) is 3.09. The van der Waals surface area contributed by atoms with Crippen molar-refractivity contribution in [2.24, 2.45) is 11.7 Å². The number of amides is 1. The molecule has 0 aliphatic heterocycles. The number of benzene rings is 1. The van der Waals surface area contributed by atoms with Gasteiger partial charge in [-0.05, 0) is 42.9 Å². The van der Waals surface area contributed by atoms with Crippen LogP contribution in [0.2, 0.25) is 0 Å². The highest BCUT2D eigenvalue weighted by Crippen LogP contribution is 2.25. The van der Waals surface area contributed by atoms with Crippen LogP contribution in [-0.4, -0.2) is 48.3 Å². The zero-order chi connectivity index (χ0) is 17.7. The Labute approximate surface area is 144 Å². The Morgan fingerprint density at radius 3 is 2.58 bits per heavy atom. The van der Waals surface area contributed by atoms with Gasteiger partial charge in [0.2, 0.25) is 5.91 Å². The summed E-state index contributed by atoms with van der Waals surface area (Å²) in [4.78, 5) is 14.2. The second-order valence-corrected chi connectivity index (χ2v) is 7.07. The first-order valence-corrected chi connectivity index (χ1v) is 8.80. The molecule has 5 nitrogen and oxygen atoms in total. The minimum absolute atomic E-state index is 0.0845. The highest BCUT2D eigenvalue weighted by Gasteiger charge is 2.32. The quantitative estimate of drug-likeness (QED) is 0.836. The molecule has 0 unspecified atom stereocenters. The fraction of sp³-hybridized carbons (Fsp3) is 0.632. The molecule has 1 aliphatic carbocycles. The molecule has 1 aromatic carbocycles. The van der Waals surface area contributed by atoms with Gasteiger partial charge in [-0.1, -0.05) is 26.0 Å². The standard InChI is InChI=1S/C19H30N2O3/c1-13(2)14-4-7-16(8-5-14)24-11-10-21(3)19(23)15-6-9-18(22)17(20)12-15/h4-5,7-8,13,15,17-18,22H,6,9-12,20H2,1-3H3/t15-,17+,18+/m0/s1. The summed E-state index contributed by atoms with van der Waals surface area (Å²) in [5.74, 6) is 1.33. The molecule has 0 bridgehead atoms. The van der Waals surface area contributed by atoms with Gasteiger partial charge < -0.3 is 20.5 Å². The Morgan fingerprint density at radius 2 is 2.00 bits per heavy atom. The van der Waals surface area contributed by atoms with Gasteiger partial charge in [-0.3, -0.25) is 4.79 Å². The number of nitrogens with zero attached hydrogens (tertiary/aromatic N) is 1. The van der Waals surface area contributed by atoms with Crippen LogP contribution in [0.25, 0.3) is 0 Å². The van der Waals surface area contributed by atoms with Crippen molar-refractivity contribution < 1.29 is 14.6 Å². The monoisotopic (exact) mass is 334 g/mol. The fourth-order valence-corrected chi connectivity index (χ4v) is 3.09. The summed E-state index contributed by atoms with van der Waals surface area (Å²) < 4.78 is 5.73. The van der Waals surface area contributed by atoms with E-state index in [9.17, 15) is 9.90 Å². The molecule has 2 rings (SSSR count). The number of likely N-dealkylation sites (N-methyl/N-ethyl adjacent to an activating group) is 1. The van der Waals surface area contributed by atoms with Crippen molar-refractivity contribution in [3.8, 4) is 5.75 Å². The summed E-state index contributed by atoms with van der Waals surface area (Å²) in [7, 11) is 1.80. The van der Waals surface area contributed by atoms with Crippen LogP contribution in [0.5, 0.6) is 5.75 Å². The summed E-state index contributed by atoms with van der Waals surface area (Å²) in [5, 5.41) is 9.67. The first-order valence-electron chi connectivity index (χ1n) is 8.80. The molecule has 1 aromatic rings. The third-order valence-corrected chi connectivity index (χ3v) is 4.83. The molecule has 0 spiro atoms. The zero-order valence-corrected chi connectivity index (χ0v) is 14.9. The van der Waals surface area contributed by atoms with Gasteiger partial charge in [0.15, 0.2) is 0 Å². The number of aliphatic hydroxyl groups excluding tert-OH is 1. The number of hydrogen-bond donors (Lipinski definition) is 2. The molecule has 5 heteroatoms. The smallest absolute Gasteiger partial charge is 0.225 e. The Morgan fingerprint density at radius 1 is 1.33 bits per heavy atom. The van der Waals surface area contributed by atoms with E-state index in [0.29, 0.717) is 38.3 Å². The predicted molar refractivity (Wildman–Crippen MR) is 95.0 cm³/mol.